The van der Waals surface area contributed by atoms with Crippen molar-refractivity contribution in [2.45, 2.75) is 122 Å². The molecular weight excluding hydrogens is 834 g/mol. The largest absolute Gasteiger partial charge is 0.497 e. The van der Waals surface area contributed by atoms with Crippen molar-refractivity contribution in [3.63, 3.8) is 0 Å². The fourth-order valence-electron chi connectivity index (χ4n) is 8.67. The Bertz CT molecular complexity index is 2290. The van der Waals surface area contributed by atoms with Crippen LogP contribution in [0, 0.1) is 17.2 Å². The van der Waals surface area contributed by atoms with E-state index in [1.54, 1.807) is 25.1 Å². The first kappa shape index (κ1) is 47.9. The third kappa shape index (κ3) is 9.78. The molecule has 6 atom stereocenters. The van der Waals surface area contributed by atoms with Gasteiger partial charge in [0.25, 0.3) is 14.1 Å². The van der Waals surface area contributed by atoms with Gasteiger partial charge in [0, 0.05) is 18.0 Å². The molecule has 1 aliphatic heterocycles. The fraction of sp³-hybridized carbons (Fsp3) is 0.511. The predicted molar refractivity (Wildman–Crippen MR) is 248 cm³/mol. The molecule has 1 saturated heterocycles. The molecule has 0 saturated carbocycles. The van der Waals surface area contributed by atoms with Crippen LogP contribution in [0.5, 0.6) is 11.5 Å². The number of aromatic amines is 1. The summed E-state index contributed by atoms with van der Waals surface area (Å²) in [6, 6.07) is 28.5. The van der Waals surface area contributed by atoms with Gasteiger partial charge in [0.1, 0.15) is 23.2 Å². The molecule has 0 bridgehead atoms. The second-order valence-corrected chi connectivity index (χ2v) is 25.6. The molecule has 3 heterocycles. The molecule has 5 aromatic rings. The van der Waals surface area contributed by atoms with Gasteiger partial charge in [-0.15, -0.1) is 5.10 Å². The summed E-state index contributed by atoms with van der Waals surface area (Å²) in [6.07, 6.45) is -0.242. The number of nitrogens with one attached hydrogen (secondary N) is 1. The first-order valence-corrected chi connectivity index (χ1v) is 25.9. The third-order valence-corrected chi connectivity index (χ3v) is 21.8. The van der Waals surface area contributed by atoms with E-state index in [0.29, 0.717) is 0 Å². The van der Waals surface area contributed by atoms with Crippen molar-refractivity contribution in [1.29, 1.82) is 5.26 Å². The van der Waals surface area contributed by atoms with Crippen LogP contribution in [0.4, 0.5) is 0 Å². The highest BCUT2D eigenvalue weighted by Crippen LogP contribution is 2.58. The summed E-state index contributed by atoms with van der Waals surface area (Å²) < 4.78 is 44.2. The minimum Gasteiger partial charge on any atom is -0.497 e. The molecule has 0 spiro atoms. The van der Waals surface area contributed by atoms with Crippen LogP contribution in [-0.2, 0) is 24.1 Å². The quantitative estimate of drug-likeness (QED) is 0.0363. The number of ether oxygens (including phenoxy) is 4. The summed E-state index contributed by atoms with van der Waals surface area (Å²) in [5.41, 5.74) is 1.62. The van der Waals surface area contributed by atoms with E-state index in [4.69, 9.17) is 28.0 Å². The Kier molecular flexibility index (Phi) is 15.3. The van der Waals surface area contributed by atoms with Crippen LogP contribution in [0.1, 0.15) is 84.7 Å². The zero-order chi connectivity index (χ0) is 45.7. The van der Waals surface area contributed by atoms with E-state index in [1.165, 1.54) is 0 Å². The smallest absolute Gasteiger partial charge is 0.295 e. The lowest BCUT2D eigenvalue weighted by atomic mass is 9.80. The van der Waals surface area contributed by atoms with Gasteiger partial charge in [-0.1, -0.05) is 101 Å². The molecular formula is C47H64N7O7PSi. The zero-order valence-corrected chi connectivity index (χ0v) is 40.6. The first-order valence-electron chi connectivity index (χ1n) is 21.7. The monoisotopic (exact) mass is 897 g/mol. The molecule has 0 amide bonds. The summed E-state index contributed by atoms with van der Waals surface area (Å²) in [5.74, 6) is 1.18. The molecule has 2 aromatic heterocycles. The fourth-order valence-corrected chi connectivity index (χ4v) is 13.2. The SMILES string of the molecule is COc1ccc(C(OC[C@H]2O[C@@H](n3cnc4c(=O)[nH]nnc43)[C@H](OP(OCCC#N)N(C(C)C)C(C)C)[C@@H]2[C@@H](C)[Si](C)(C)C(C)(C)C)(c2ccccc2)c2ccc(OC)cc2)cc1. The Morgan fingerprint density at radius 1 is 0.905 bits per heavy atom. The number of aromatic nitrogens is 5. The zero-order valence-electron chi connectivity index (χ0n) is 38.7. The number of rotatable bonds is 19. The normalized spacial score (nSPS) is 19.5. The van der Waals surface area contributed by atoms with E-state index in [-0.39, 0.29) is 59.4 Å². The lowest BCUT2D eigenvalue weighted by Crippen LogP contribution is -2.49. The van der Waals surface area contributed by atoms with Crippen LogP contribution in [0.15, 0.2) is 90.0 Å². The van der Waals surface area contributed by atoms with Crippen molar-refractivity contribution in [3.8, 4) is 17.6 Å². The van der Waals surface area contributed by atoms with Crippen LogP contribution >= 0.6 is 8.53 Å². The number of fused-ring (bicyclic) bond motifs is 1. The summed E-state index contributed by atoms with van der Waals surface area (Å²) in [5, 5.41) is 20.3. The first-order chi connectivity index (χ1) is 30.0. The number of H-pyrrole nitrogens is 1. The third-order valence-electron chi connectivity index (χ3n) is 13.1. The molecule has 1 aliphatic rings. The highest BCUT2D eigenvalue weighted by Gasteiger charge is 2.57. The molecule has 1 fully saturated rings. The summed E-state index contributed by atoms with van der Waals surface area (Å²) in [7, 11) is -0.652. The molecule has 3 aromatic carbocycles. The Labute approximate surface area is 374 Å². The van der Waals surface area contributed by atoms with Gasteiger partial charge < -0.3 is 28.0 Å². The molecule has 0 aliphatic carbocycles. The molecule has 338 valence electrons. The van der Waals surface area contributed by atoms with Gasteiger partial charge in [-0.25, -0.2) is 14.8 Å². The molecule has 1 N–H and O–H groups in total. The Hall–Kier alpha value is -4.52. The van der Waals surface area contributed by atoms with Crippen LogP contribution in [0.2, 0.25) is 23.7 Å². The molecule has 16 heteroatoms. The number of imidazole rings is 1. The number of nitrogens with zero attached hydrogens (tertiary/aromatic N) is 6. The Balaban J connectivity index is 1.57. The van der Waals surface area contributed by atoms with Gasteiger partial charge in [-0.2, -0.15) is 5.26 Å². The number of hydrogen-bond acceptors (Lipinski definition) is 12. The number of benzene rings is 3. The van der Waals surface area contributed by atoms with E-state index in [9.17, 15) is 10.1 Å². The topological polar surface area (TPSA) is 159 Å². The summed E-state index contributed by atoms with van der Waals surface area (Å²) in [4.78, 5) is 17.6. The Morgan fingerprint density at radius 3 is 2.00 bits per heavy atom. The van der Waals surface area contributed by atoms with Crippen LogP contribution in [0.3, 0.4) is 0 Å². The van der Waals surface area contributed by atoms with Gasteiger partial charge in [0.2, 0.25) is 0 Å². The van der Waals surface area contributed by atoms with Crippen molar-refractivity contribution in [1.82, 2.24) is 29.6 Å². The van der Waals surface area contributed by atoms with E-state index in [1.807, 2.05) is 66.7 Å². The highest BCUT2D eigenvalue weighted by atomic mass is 31.2. The number of nitriles is 1. The minimum absolute atomic E-state index is 0.0170. The lowest BCUT2D eigenvalue weighted by Gasteiger charge is -2.47. The van der Waals surface area contributed by atoms with Gasteiger partial charge in [-0.3, -0.25) is 9.36 Å². The maximum absolute atomic E-state index is 13.0. The number of hydrogen-bond donors (Lipinski definition) is 1. The number of methoxy groups -OCH3 is 2. The molecule has 0 radical (unpaired) electrons. The van der Waals surface area contributed by atoms with Crippen molar-refractivity contribution in [3.05, 3.63) is 112 Å². The van der Waals surface area contributed by atoms with E-state index in [2.05, 4.69) is 112 Å². The van der Waals surface area contributed by atoms with E-state index < -0.39 is 46.2 Å². The molecule has 6 rings (SSSR count). The van der Waals surface area contributed by atoms with Gasteiger partial charge in [0.05, 0.1) is 60.4 Å². The summed E-state index contributed by atoms with van der Waals surface area (Å²) >= 11 is 0. The maximum atomic E-state index is 13.0. The Morgan fingerprint density at radius 2 is 1.48 bits per heavy atom. The summed E-state index contributed by atoms with van der Waals surface area (Å²) in [6.45, 7) is 23.0. The van der Waals surface area contributed by atoms with Gasteiger partial charge in [-0.05, 0) is 79.2 Å². The van der Waals surface area contributed by atoms with Crippen molar-refractivity contribution in [2.24, 2.45) is 5.92 Å². The second kappa shape index (κ2) is 20.1. The van der Waals surface area contributed by atoms with E-state index in [0.717, 1.165) is 28.2 Å². The molecule has 1 unspecified atom stereocenters. The predicted octanol–water partition coefficient (Wildman–Crippen LogP) is 9.61. The molecule has 63 heavy (non-hydrogen) atoms. The van der Waals surface area contributed by atoms with Crippen LogP contribution in [-0.4, -0.2) is 89.4 Å². The standard InChI is InChI=1S/C47H64N7O7PSi/c1-31(2)54(32(3)4)62(59-28-16-27-48)61-42-40(33(5)63(11,12)46(6,7)8)39(60-45(42)53-30-49-41-43(53)50-52-51-44(41)55)29-58-47(34-17-14-13-15-18-34,35-19-23-37(56-9)24-20-35)36-21-25-38(57-10)26-22-36/h13-15,17-26,30-33,39-40,42,45H,16,28-29H2,1-12H3,(H,50,51,55)/t33-,39-,40-,42-,45-,62?/m1/s1. The van der Waals surface area contributed by atoms with E-state index >= 15 is 0 Å². The average Bonchev–Trinajstić information content (AvgIpc) is 3.85. The van der Waals surface area contributed by atoms with Gasteiger partial charge >= 0.3 is 0 Å². The highest BCUT2D eigenvalue weighted by molar-refractivity contribution is 7.44. The van der Waals surface area contributed by atoms with Crippen molar-refractivity contribution < 1.29 is 28.0 Å². The van der Waals surface area contributed by atoms with Crippen LogP contribution in [0.25, 0.3) is 11.2 Å². The second-order valence-electron chi connectivity index (χ2n) is 18.3. The average molecular weight is 898 g/mol. The van der Waals surface area contributed by atoms with Gasteiger partial charge in [0.15, 0.2) is 17.4 Å². The lowest BCUT2D eigenvalue weighted by molar-refractivity contribution is -0.0878. The van der Waals surface area contributed by atoms with Crippen molar-refractivity contribution >= 4 is 27.8 Å². The maximum Gasteiger partial charge on any atom is 0.295 e. The van der Waals surface area contributed by atoms with Crippen molar-refractivity contribution in [2.75, 3.05) is 27.4 Å². The van der Waals surface area contributed by atoms with Crippen LogP contribution < -0.4 is 15.0 Å². The minimum atomic E-state index is -2.22. The molecule has 14 nitrogen and oxygen atoms in total.